The molecule has 2 aromatic carbocycles. The molecular weight excluding hydrogens is 450 g/mol. The Bertz CT molecular complexity index is 1240. The van der Waals surface area contributed by atoms with Gasteiger partial charge < -0.3 is 14.4 Å². The van der Waals surface area contributed by atoms with Crippen LogP contribution in [0, 0.1) is 12.8 Å². The van der Waals surface area contributed by atoms with Crippen molar-refractivity contribution in [3.8, 4) is 11.4 Å². The normalized spacial score (nSPS) is 17.8. The first kappa shape index (κ1) is 22.9. The van der Waals surface area contributed by atoms with E-state index in [-0.39, 0.29) is 23.5 Å². The molecule has 3 heterocycles. The molecule has 0 spiro atoms. The third kappa shape index (κ3) is 4.70. The molecule has 0 atom stereocenters. The smallest absolute Gasteiger partial charge is 0.265 e. The summed E-state index contributed by atoms with van der Waals surface area (Å²) < 4.78 is 13.2. The highest BCUT2D eigenvalue weighted by atomic mass is 32.1. The third-order valence-electron chi connectivity index (χ3n) is 6.74. The van der Waals surface area contributed by atoms with Gasteiger partial charge in [-0.3, -0.25) is 14.2 Å². The van der Waals surface area contributed by atoms with Crippen LogP contribution < -0.4 is 10.3 Å². The van der Waals surface area contributed by atoms with Crippen molar-refractivity contribution in [3.63, 3.8) is 0 Å². The summed E-state index contributed by atoms with van der Waals surface area (Å²) in [5.74, 6) is 1.75. The fraction of sp³-hybridized carbons (Fsp3) is 0.423. The first-order valence-corrected chi connectivity index (χ1v) is 12.3. The van der Waals surface area contributed by atoms with Crippen LogP contribution in [0.4, 0.5) is 0 Å². The number of hydrogen-bond acceptors (Lipinski definition) is 6. The standard InChI is InChI=1S/C26H29N3O4S/c1-17-27-24-7-6-22(34)16-23(24)26(31)29(17)19-2-4-20(5-3-19)33-21-8-12-28(13-9-21)25(30)18-10-14-32-15-11-18/h2-7,16,18,21,34H,8-15H2,1H3. The molecule has 3 aromatic rings. The molecule has 0 unspecified atom stereocenters. The molecule has 8 heteroatoms. The molecule has 2 aliphatic rings. The summed E-state index contributed by atoms with van der Waals surface area (Å²) in [6.45, 7) is 4.65. The van der Waals surface area contributed by atoms with Gasteiger partial charge in [-0.15, -0.1) is 12.6 Å². The molecule has 34 heavy (non-hydrogen) atoms. The van der Waals surface area contributed by atoms with Gasteiger partial charge in [-0.25, -0.2) is 4.98 Å². The summed E-state index contributed by atoms with van der Waals surface area (Å²) in [4.78, 5) is 33.2. The van der Waals surface area contributed by atoms with Gasteiger partial charge in [-0.05, 0) is 62.2 Å². The summed E-state index contributed by atoms with van der Waals surface area (Å²) in [6, 6.07) is 12.9. The second-order valence-corrected chi connectivity index (χ2v) is 9.54. The SMILES string of the molecule is Cc1nc2ccc(S)cc2c(=O)n1-c1ccc(OC2CCN(C(=O)C3CCOCC3)CC2)cc1. The maximum absolute atomic E-state index is 13.1. The van der Waals surface area contributed by atoms with Crippen molar-refractivity contribution >= 4 is 29.4 Å². The van der Waals surface area contributed by atoms with E-state index in [2.05, 4.69) is 17.6 Å². The number of amides is 1. The molecule has 1 aromatic heterocycles. The molecule has 5 rings (SSSR count). The van der Waals surface area contributed by atoms with Crippen molar-refractivity contribution < 1.29 is 14.3 Å². The predicted molar refractivity (Wildman–Crippen MR) is 133 cm³/mol. The average molecular weight is 480 g/mol. The summed E-state index contributed by atoms with van der Waals surface area (Å²) in [7, 11) is 0. The molecule has 0 saturated carbocycles. The lowest BCUT2D eigenvalue weighted by molar-refractivity contribution is -0.140. The number of carbonyl (C=O) groups excluding carboxylic acids is 1. The highest BCUT2D eigenvalue weighted by Gasteiger charge is 2.30. The van der Waals surface area contributed by atoms with Crippen molar-refractivity contribution in [3.05, 3.63) is 58.6 Å². The van der Waals surface area contributed by atoms with Crippen LogP contribution in [0.2, 0.25) is 0 Å². The summed E-state index contributed by atoms with van der Waals surface area (Å²) in [5.41, 5.74) is 1.29. The molecular formula is C26H29N3O4S. The van der Waals surface area contributed by atoms with Gasteiger partial charge in [0.05, 0.1) is 16.6 Å². The highest BCUT2D eigenvalue weighted by Crippen LogP contribution is 2.24. The number of thiol groups is 1. The zero-order valence-electron chi connectivity index (χ0n) is 19.3. The molecule has 2 aliphatic heterocycles. The first-order valence-electron chi connectivity index (χ1n) is 11.9. The lowest BCUT2D eigenvalue weighted by atomic mass is 9.97. The zero-order valence-corrected chi connectivity index (χ0v) is 20.2. The number of ether oxygens (including phenoxy) is 2. The van der Waals surface area contributed by atoms with E-state index in [9.17, 15) is 9.59 Å². The Kier molecular flexibility index (Phi) is 6.61. The molecule has 0 radical (unpaired) electrons. The van der Waals surface area contributed by atoms with Gasteiger partial charge in [0.15, 0.2) is 0 Å². The van der Waals surface area contributed by atoms with Crippen molar-refractivity contribution in [1.29, 1.82) is 0 Å². The van der Waals surface area contributed by atoms with Gasteiger partial charge in [0.25, 0.3) is 5.56 Å². The van der Waals surface area contributed by atoms with Crippen molar-refractivity contribution in [2.75, 3.05) is 26.3 Å². The molecule has 0 bridgehead atoms. The summed E-state index contributed by atoms with van der Waals surface area (Å²) >= 11 is 4.36. The molecule has 1 amide bonds. The van der Waals surface area contributed by atoms with Crippen LogP contribution in [0.5, 0.6) is 5.75 Å². The van der Waals surface area contributed by atoms with Crippen LogP contribution in [0.25, 0.3) is 16.6 Å². The minimum Gasteiger partial charge on any atom is -0.490 e. The summed E-state index contributed by atoms with van der Waals surface area (Å²) in [5, 5.41) is 0.542. The number of carbonyl (C=O) groups is 1. The van der Waals surface area contributed by atoms with Gasteiger partial charge in [0.2, 0.25) is 5.91 Å². The maximum atomic E-state index is 13.1. The van der Waals surface area contributed by atoms with E-state index in [0.29, 0.717) is 29.9 Å². The Labute approximate surface area is 204 Å². The number of aryl methyl sites for hydroxylation is 1. The first-order chi connectivity index (χ1) is 16.5. The second kappa shape index (κ2) is 9.80. The molecule has 2 saturated heterocycles. The van der Waals surface area contributed by atoms with E-state index in [0.717, 1.165) is 55.1 Å². The van der Waals surface area contributed by atoms with Gasteiger partial charge in [-0.2, -0.15) is 0 Å². The molecule has 0 aliphatic carbocycles. The fourth-order valence-corrected chi connectivity index (χ4v) is 5.06. The highest BCUT2D eigenvalue weighted by molar-refractivity contribution is 7.80. The number of hydrogen-bond donors (Lipinski definition) is 1. The molecule has 2 fully saturated rings. The van der Waals surface area contributed by atoms with Gasteiger partial charge in [-0.1, -0.05) is 0 Å². The van der Waals surface area contributed by atoms with Crippen LogP contribution in [0.15, 0.2) is 52.2 Å². The van der Waals surface area contributed by atoms with Crippen LogP contribution in [-0.2, 0) is 9.53 Å². The second-order valence-electron chi connectivity index (χ2n) is 9.02. The Balaban J connectivity index is 1.24. The molecule has 178 valence electrons. The van der Waals surface area contributed by atoms with Gasteiger partial charge >= 0.3 is 0 Å². The monoisotopic (exact) mass is 479 g/mol. The van der Waals surface area contributed by atoms with E-state index in [1.807, 2.05) is 48.2 Å². The van der Waals surface area contributed by atoms with Crippen molar-refractivity contribution in [1.82, 2.24) is 14.5 Å². The van der Waals surface area contributed by atoms with Crippen molar-refractivity contribution in [2.24, 2.45) is 5.92 Å². The Hall–Kier alpha value is -2.84. The van der Waals surface area contributed by atoms with Gasteiger partial charge in [0.1, 0.15) is 17.7 Å². The van der Waals surface area contributed by atoms with E-state index >= 15 is 0 Å². The maximum Gasteiger partial charge on any atom is 0.265 e. The average Bonchev–Trinajstić information content (AvgIpc) is 2.86. The minimum absolute atomic E-state index is 0.0743. The van der Waals surface area contributed by atoms with E-state index in [4.69, 9.17) is 9.47 Å². The van der Waals surface area contributed by atoms with E-state index in [1.54, 1.807) is 10.6 Å². The lowest BCUT2D eigenvalue weighted by Crippen LogP contribution is -2.45. The predicted octanol–water partition coefficient (Wildman–Crippen LogP) is 3.78. The largest absolute Gasteiger partial charge is 0.490 e. The number of aromatic nitrogens is 2. The number of fused-ring (bicyclic) bond motifs is 1. The topological polar surface area (TPSA) is 73.7 Å². The van der Waals surface area contributed by atoms with E-state index in [1.165, 1.54) is 0 Å². The van der Waals surface area contributed by atoms with Crippen LogP contribution in [0.1, 0.15) is 31.5 Å². The number of likely N-dealkylation sites (tertiary alicyclic amines) is 1. The van der Waals surface area contributed by atoms with Gasteiger partial charge in [0, 0.05) is 50.0 Å². The molecule has 0 N–H and O–H groups in total. The number of benzene rings is 2. The van der Waals surface area contributed by atoms with Crippen molar-refractivity contribution in [2.45, 2.75) is 43.6 Å². The van der Waals surface area contributed by atoms with E-state index < -0.39 is 0 Å². The van der Waals surface area contributed by atoms with Crippen LogP contribution in [0.3, 0.4) is 0 Å². The quantitative estimate of drug-likeness (QED) is 0.577. The Morgan fingerprint density at radius 3 is 2.47 bits per heavy atom. The summed E-state index contributed by atoms with van der Waals surface area (Å²) in [6.07, 6.45) is 3.36. The van der Waals surface area contributed by atoms with Crippen LogP contribution in [-0.4, -0.2) is 52.8 Å². The zero-order chi connectivity index (χ0) is 23.7. The molecule has 7 nitrogen and oxygen atoms in total. The van der Waals surface area contributed by atoms with Crippen LogP contribution >= 0.6 is 12.6 Å². The minimum atomic E-state index is -0.117. The number of piperidine rings is 1. The Morgan fingerprint density at radius 2 is 1.76 bits per heavy atom. The number of nitrogens with zero attached hydrogens (tertiary/aromatic N) is 3. The lowest BCUT2D eigenvalue weighted by Gasteiger charge is -2.35. The Morgan fingerprint density at radius 1 is 1.06 bits per heavy atom. The number of rotatable bonds is 4. The fourth-order valence-electron chi connectivity index (χ4n) is 4.85. The third-order valence-corrected chi connectivity index (χ3v) is 7.02.